The van der Waals surface area contributed by atoms with Gasteiger partial charge >= 0.3 is 5.97 Å². The second-order valence-corrected chi connectivity index (χ2v) is 4.24. The van der Waals surface area contributed by atoms with Crippen LogP contribution in [0.25, 0.3) is 16.6 Å². The van der Waals surface area contributed by atoms with Crippen LogP contribution in [0.4, 0.5) is 5.69 Å². The normalized spacial score (nSPS) is 11.2. The monoisotopic (exact) mass is 258 g/mol. The fraction of sp³-hybridized carbons (Fsp3) is 0.0833. The number of aryl methyl sites for hydroxylation is 1. The van der Waals surface area contributed by atoms with Crippen molar-refractivity contribution in [3.05, 3.63) is 40.3 Å². The molecule has 3 rings (SSSR count). The summed E-state index contributed by atoms with van der Waals surface area (Å²) in [6.07, 6.45) is 1.23. The van der Waals surface area contributed by atoms with E-state index in [0.29, 0.717) is 16.6 Å². The van der Waals surface area contributed by atoms with Crippen molar-refractivity contribution in [3.63, 3.8) is 0 Å². The first-order valence-electron chi connectivity index (χ1n) is 5.50. The Morgan fingerprint density at radius 3 is 2.84 bits per heavy atom. The van der Waals surface area contributed by atoms with Gasteiger partial charge in [-0.1, -0.05) is 0 Å². The van der Waals surface area contributed by atoms with E-state index in [1.165, 1.54) is 22.3 Å². The Hall–Kier alpha value is -2.83. The molecule has 96 valence electrons. The Kier molecular flexibility index (Phi) is 2.12. The van der Waals surface area contributed by atoms with E-state index in [1.807, 2.05) is 0 Å². The van der Waals surface area contributed by atoms with Crippen LogP contribution in [-0.4, -0.2) is 25.3 Å². The summed E-state index contributed by atoms with van der Waals surface area (Å²) in [5.74, 6) is -1.13. The SMILES string of the molecule is Cn1c(=O)c2cc(N)ccc2n2ncc(C(=O)O)c12. The van der Waals surface area contributed by atoms with E-state index in [1.54, 1.807) is 18.2 Å². The van der Waals surface area contributed by atoms with Crippen LogP contribution in [0.5, 0.6) is 0 Å². The van der Waals surface area contributed by atoms with E-state index in [4.69, 9.17) is 10.8 Å². The molecule has 0 spiro atoms. The minimum atomic E-state index is -1.13. The van der Waals surface area contributed by atoms with Crippen LogP contribution < -0.4 is 11.3 Å². The zero-order chi connectivity index (χ0) is 13.7. The second kappa shape index (κ2) is 3.58. The van der Waals surface area contributed by atoms with E-state index in [2.05, 4.69) is 5.10 Å². The maximum atomic E-state index is 12.2. The number of rotatable bonds is 1. The number of aromatic carboxylic acids is 1. The lowest BCUT2D eigenvalue weighted by Gasteiger charge is -2.07. The minimum Gasteiger partial charge on any atom is -0.477 e. The Labute approximate surface area is 106 Å². The summed E-state index contributed by atoms with van der Waals surface area (Å²) in [7, 11) is 1.51. The molecule has 2 aromatic heterocycles. The molecule has 0 atom stereocenters. The number of fused-ring (bicyclic) bond motifs is 3. The molecule has 0 bridgehead atoms. The van der Waals surface area contributed by atoms with Gasteiger partial charge in [0, 0.05) is 12.7 Å². The van der Waals surface area contributed by atoms with Crippen molar-refractivity contribution >= 4 is 28.2 Å². The van der Waals surface area contributed by atoms with Crippen molar-refractivity contribution in [3.8, 4) is 0 Å². The lowest BCUT2D eigenvalue weighted by molar-refractivity contribution is 0.0698. The molecule has 0 aliphatic rings. The van der Waals surface area contributed by atoms with Crippen molar-refractivity contribution in [2.45, 2.75) is 0 Å². The molecule has 0 fully saturated rings. The van der Waals surface area contributed by atoms with Gasteiger partial charge in [-0.15, -0.1) is 0 Å². The fourth-order valence-electron chi connectivity index (χ4n) is 2.18. The average molecular weight is 258 g/mol. The van der Waals surface area contributed by atoms with Crippen LogP contribution in [0.15, 0.2) is 29.2 Å². The van der Waals surface area contributed by atoms with Crippen molar-refractivity contribution in [2.75, 3.05) is 5.73 Å². The molecule has 3 N–H and O–H groups in total. The molecule has 0 unspecified atom stereocenters. The molecule has 0 aliphatic carbocycles. The van der Waals surface area contributed by atoms with Gasteiger partial charge in [0.25, 0.3) is 5.56 Å². The van der Waals surface area contributed by atoms with Gasteiger partial charge in [0.2, 0.25) is 0 Å². The molecule has 0 amide bonds. The quantitative estimate of drug-likeness (QED) is 0.617. The highest BCUT2D eigenvalue weighted by Crippen LogP contribution is 2.18. The Bertz CT molecular complexity index is 891. The summed E-state index contributed by atoms with van der Waals surface area (Å²) in [4.78, 5) is 23.4. The standard InChI is InChI=1S/C12H10N4O3/c1-15-10-8(12(18)19)5-14-16(10)9-3-2-6(13)4-7(9)11(15)17/h2-5H,13H2,1H3,(H,18,19). The van der Waals surface area contributed by atoms with E-state index >= 15 is 0 Å². The molecule has 0 aliphatic heterocycles. The molecule has 19 heavy (non-hydrogen) atoms. The number of carbonyl (C=O) groups is 1. The van der Waals surface area contributed by atoms with Gasteiger partial charge in [0.15, 0.2) is 5.65 Å². The molecule has 7 heteroatoms. The fourth-order valence-corrected chi connectivity index (χ4v) is 2.18. The van der Waals surface area contributed by atoms with Crippen molar-refractivity contribution in [1.82, 2.24) is 14.2 Å². The first-order chi connectivity index (χ1) is 9.00. The van der Waals surface area contributed by atoms with Gasteiger partial charge in [0.05, 0.1) is 17.1 Å². The summed E-state index contributed by atoms with van der Waals surface area (Å²) in [6.45, 7) is 0. The smallest absolute Gasteiger partial charge is 0.341 e. The largest absolute Gasteiger partial charge is 0.477 e. The molecule has 7 nitrogen and oxygen atoms in total. The van der Waals surface area contributed by atoms with E-state index in [0.717, 1.165) is 0 Å². The van der Waals surface area contributed by atoms with Crippen LogP contribution in [0.1, 0.15) is 10.4 Å². The summed E-state index contributed by atoms with van der Waals surface area (Å²) in [5, 5.41) is 13.5. The van der Waals surface area contributed by atoms with Gasteiger partial charge in [-0.25, -0.2) is 9.31 Å². The Morgan fingerprint density at radius 1 is 1.42 bits per heavy atom. The number of nitrogen functional groups attached to an aromatic ring is 1. The lowest BCUT2D eigenvalue weighted by Crippen LogP contribution is -2.21. The van der Waals surface area contributed by atoms with Gasteiger partial charge in [0.1, 0.15) is 5.56 Å². The van der Waals surface area contributed by atoms with E-state index in [-0.39, 0.29) is 16.8 Å². The number of benzene rings is 1. The number of aromatic nitrogens is 3. The number of anilines is 1. The van der Waals surface area contributed by atoms with Crippen LogP contribution in [0, 0.1) is 0 Å². The average Bonchev–Trinajstić information content (AvgIpc) is 2.80. The third kappa shape index (κ3) is 1.41. The minimum absolute atomic E-state index is 0.0154. The number of hydrogen-bond acceptors (Lipinski definition) is 4. The first-order valence-corrected chi connectivity index (χ1v) is 5.50. The number of carboxylic acids is 1. The molecule has 2 heterocycles. The van der Waals surface area contributed by atoms with Gasteiger partial charge in [-0.2, -0.15) is 5.10 Å². The van der Waals surface area contributed by atoms with E-state index in [9.17, 15) is 9.59 Å². The predicted octanol–water partition coefficient (Wildman–Crippen LogP) is 0.467. The molecular weight excluding hydrogens is 248 g/mol. The van der Waals surface area contributed by atoms with Gasteiger partial charge in [-0.05, 0) is 18.2 Å². The molecule has 0 radical (unpaired) electrons. The summed E-state index contributed by atoms with van der Waals surface area (Å²) >= 11 is 0. The molecule has 1 aromatic carbocycles. The maximum absolute atomic E-state index is 12.2. The number of hydrogen-bond donors (Lipinski definition) is 2. The van der Waals surface area contributed by atoms with Crippen LogP contribution >= 0.6 is 0 Å². The van der Waals surface area contributed by atoms with Crippen molar-refractivity contribution in [2.24, 2.45) is 7.05 Å². The number of nitrogens with zero attached hydrogens (tertiary/aromatic N) is 3. The zero-order valence-electron chi connectivity index (χ0n) is 9.99. The van der Waals surface area contributed by atoms with E-state index < -0.39 is 5.97 Å². The summed E-state index contributed by atoms with van der Waals surface area (Å²) < 4.78 is 2.69. The second-order valence-electron chi connectivity index (χ2n) is 4.24. The van der Waals surface area contributed by atoms with Gasteiger partial charge in [-0.3, -0.25) is 9.36 Å². The summed E-state index contributed by atoms with van der Waals surface area (Å²) in [6, 6.07) is 4.85. The predicted molar refractivity (Wildman–Crippen MR) is 69.3 cm³/mol. The lowest BCUT2D eigenvalue weighted by atomic mass is 10.2. The third-order valence-corrected chi connectivity index (χ3v) is 3.08. The van der Waals surface area contributed by atoms with Crippen LogP contribution in [0.2, 0.25) is 0 Å². The molecule has 0 saturated heterocycles. The van der Waals surface area contributed by atoms with Crippen molar-refractivity contribution < 1.29 is 9.90 Å². The zero-order valence-corrected chi connectivity index (χ0v) is 9.99. The van der Waals surface area contributed by atoms with Crippen LogP contribution in [-0.2, 0) is 7.05 Å². The number of nitrogens with two attached hydrogens (primary N) is 1. The highest BCUT2D eigenvalue weighted by molar-refractivity contribution is 5.96. The Morgan fingerprint density at radius 2 is 2.16 bits per heavy atom. The highest BCUT2D eigenvalue weighted by Gasteiger charge is 2.17. The first kappa shape index (κ1) is 11.3. The van der Waals surface area contributed by atoms with Gasteiger partial charge < -0.3 is 10.8 Å². The van der Waals surface area contributed by atoms with Crippen LogP contribution in [0.3, 0.4) is 0 Å². The Balaban J connectivity index is 2.64. The topological polar surface area (TPSA) is 103 Å². The third-order valence-electron chi connectivity index (χ3n) is 3.08. The number of carboxylic acid groups (broad SMARTS) is 1. The van der Waals surface area contributed by atoms with Crippen molar-refractivity contribution in [1.29, 1.82) is 0 Å². The highest BCUT2D eigenvalue weighted by atomic mass is 16.4. The molecular formula is C12H10N4O3. The summed E-state index contributed by atoms with van der Waals surface area (Å²) in [5.41, 5.74) is 6.59. The molecule has 3 aromatic rings. The maximum Gasteiger partial charge on any atom is 0.341 e. The molecule has 0 saturated carbocycles.